The van der Waals surface area contributed by atoms with E-state index in [1.807, 2.05) is 30.3 Å². The molecule has 2 aromatic carbocycles. The standard InChI is InChI=1S/C24H25N3O5S2/c1-16(2)27-34(30,31)20-13-11-18(12-14-20)26-22(28)17(3)32-24(29)21-10-7-15-25-23(21)33-19-8-5-4-6-9-19/h4-17,27H,1-3H3,(H,26,28). The molecule has 0 saturated heterocycles. The number of nitrogens with zero attached hydrogens (tertiary/aromatic N) is 1. The van der Waals surface area contributed by atoms with Gasteiger partial charge in [-0.25, -0.2) is 22.9 Å². The van der Waals surface area contributed by atoms with E-state index in [1.54, 1.807) is 32.2 Å². The summed E-state index contributed by atoms with van der Waals surface area (Å²) >= 11 is 1.32. The Hall–Kier alpha value is -3.21. The Morgan fingerprint density at radius 3 is 2.26 bits per heavy atom. The van der Waals surface area contributed by atoms with E-state index in [-0.39, 0.29) is 16.5 Å². The third-order valence-electron chi connectivity index (χ3n) is 4.42. The second-order valence-electron chi connectivity index (χ2n) is 7.61. The Balaban J connectivity index is 1.63. The number of nitrogens with one attached hydrogen (secondary N) is 2. The highest BCUT2D eigenvalue weighted by molar-refractivity contribution is 7.99. The summed E-state index contributed by atoms with van der Waals surface area (Å²) in [7, 11) is -3.63. The van der Waals surface area contributed by atoms with Crippen molar-refractivity contribution in [3.8, 4) is 0 Å². The average Bonchev–Trinajstić information content (AvgIpc) is 2.79. The summed E-state index contributed by atoms with van der Waals surface area (Å²) in [5, 5.41) is 3.09. The van der Waals surface area contributed by atoms with Crippen molar-refractivity contribution in [2.45, 2.75) is 47.7 Å². The van der Waals surface area contributed by atoms with Crippen molar-refractivity contribution in [2.24, 2.45) is 0 Å². The zero-order chi connectivity index (χ0) is 24.7. The van der Waals surface area contributed by atoms with Crippen molar-refractivity contribution < 1.29 is 22.7 Å². The van der Waals surface area contributed by atoms with Gasteiger partial charge in [0.15, 0.2) is 6.10 Å². The minimum atomic E-state index is -3.63. The maximum atomic E-state index is 12.7. The molecule has 1 heterocycles. The molecule has 10 heteroatoms. The van der Waals surface area contributed by atoms with Gasteiger partial charge in [-0.3, -0.25) is 4.79 Å². The number of sulfonamides is 1. The SMILES string of the molecule is CC(C)NS(=O)(=O)c1ccc(NC(=O)C(C)OC(=O)c2cccnc2Sc2ccccc2)cc1. The first-order valence-electron chi connectivity index (χ1n) is 10.5. The molecule has 178 valence electrons. The molecule has 0 aliphatic rings. The van der Waals surface area contributed by atoms with E-state index in [0.717, 1.165) is 4.90 Å². The monoisotopic (exact) mass is 499 g/mol. The Kier molecular flexibility index (Phi) is 8.43. The van der Waals surface area contributed by atoms with E-state index in [9.17, 15) is 18.0 Å². The number of benzene rings is 2. The molecule has 0 spiro atoms. The molecule has 0 aliphatic carbocycles. The Morgan fingerprint density at radius 1 is 0.941 bits per heavy atom. The second kappa shape index (κ2) is 11.3. The Labute approximate surface area is 203 Å². The molecule has 8 nitrogen and oxygen atoms in total. The number of hydrogen-bond acceptors (Lipinski definition) is 7. The number of carbonyl (C=O) groups is 2. The molecule has 34 heavy (non-hydrogen) atoms. The van der Waals surface area contributed by atoms with Gasteiger partial charge in [0.05, 0.1) is 10.5 Å². The van der Waals surface area contributed by atoms with Gasteiger partial charge >= 0.3 is 5.97 Å². The first kappa shape index (κ1) is 25.4. The van der Waals surface area contributed by atoms with Gasteiger partial charge in [-0.15, -0.1) is 0 Å². The van der Waals surface area contributed by atoms with Crippen LogP contribution in [0.2, 0.25) is 0 Å². The van der Waals surface area contributed by atoms with Crippen molar-refractivity contribution in [1.29, 1.82) is 0 Å². The van der Waals surface area contributed by atoms with Crippen LogP contribution in [0.25, 0.3) is 0 Å². The van der Waals surface area contributed by atoms with E-state index in [2.05, 4.69) is 15.0 Å². The van der Waals surface area contributed by atoms with Crippen LogP contribution >= 0.6 is 11.8 Å². The first-order valence-corrected chi connectivity index (χ1v) is 12.8. The maximum absolute atomic E-state index is 12.7. The number of aromatic nitrogens is 1. The van der Waals surface area contributed by atoms with E-state index in [4.69, 9.17) is 4.74 Å². The van der Waals surface area contributed by atoms with Crippen LogP contribution in [0.1, 0.15) is 31.1 Å². The molecular weight excluding hydrogens is 474 g/mol. The smallest absolute Gasteiger partial charge is 0.341 e. The topological polar surface area (TPSA) is 114 Å². The predicted molar refractivity (Wildman–Crippen MR) is 130 cm³/mol. The Morgan fingerprint density at radius 2 is 1.62 bits per heavy atom. The van der Waals surface area contributed by atoms with Crippen LogP contribution < -0.4 is 10.0 Å². The number of rotatable bonds is 9. The minimum absolute atomic E-state index is 0.0821. The molecule has 1 amide bonds. The van der Waals surface area contributed by atoms with Gasteiger partial charge in [-0.2, -0.15) is 0 Å². The molecular formula is C24H25N3O5S2. The van der Waals surface area contributed by atoms with Crippen LogP contribution in [0.4, 0.5) is 5.69 Å². The van der Waals surface area contributed by atoms with E-state index in [1.165, 1.54) is 43.0 Å². The highest BCUT2D eigenvalue weighted by Gasteiger charge is 2.22. The molecule has 1 atom stereocenters. The summed E-state index contributed by atoms with van der Waals surface area (Å²) in [4.78, 5) is 30.5. The molecule has 1 unspecified atom stereocenters. The summed E-state index contributed by atoms with van der Waals surface area (Å²) in [5.74, 6) is -1.22. The number of hydrogen-bond donors (Lipinski definition) is 2. The Bertz CT molecular complexity index is 1250. The number of ether oxygens (including phenoxy) is 1. The summed E-state index contributed by atoms with van der Waals surface area (Å²) in [5.41, 5.74) is 0.626. The third-order valence-corrected chi connectivity index (χ3v) is 7.13. The van der Waals surface area contributed by atoms with E-state index < -0.39 is 28.0 Å². The van der Waals surface area contributed by atoms with Gasteiger partial charge in [-0.1, -0.05) is 30.0 Å². The van der Waals surface area contributed by atoms with Gasteiger partial charge < -0.3 is 10.1 Å². The summed E-state index contributed by atoms with van der Waals surface area (Å²) in [6.45, 7) is 4.91. The molecule has 3 rings (SSSR count). The lowest BCUT2D eigenvalue weighted by Gasteiger charge is -2.15. The number of pyridine rings is 1. The van der Waals surface area contributed by atoms with Crippen LogP contribution in [-0.4, -0.2) is 37.4 Å². The highest BCUT2D eigenvalue weighted by Crippen LogP contribution is 2.29. The molecule has 0 radical (unpaired) electrons. The maximum Gasteiger partial charge on any atom is 0.341 e. The predicted octanol–water partition coefficient (Wildman–Crippen LogP) is 4.10. The van der Waals surface area contributed by atoms with Crippen LogP contribution in [0.5, 0.6) is 0 Å². The molecule has 0 fully saturated rings. The van der Waals surface area contributed by atoms with Crippen molar-refractivity contribution in [3.05, 3.63) is 78.5 Å². The fourth-order valence-corrected chi connectivity index (χ4v) is 4.99. The minimum Gasteiger partial charge on any atom is -0.449 e. The fourth-order valence-electron chi connectivity index (χ4n) is 2.84. The van der Waals surface area contributed by atoms with Crippen molar-refractivity contribution in [2.75, 3.05) is 5.32 Å². The first-order chi connectivity index (χ1) is 16.2. The van der Waals surface area contributed by atoms with Crippen molar-refractivity contribution in [3.63, 3.8) is 0 Å². The number of esters is 1. The van der Waals surface area contributed by atoms with Gasteiger partial charge in [0, 0.05) is 22.8 Å². The van der Waals surface area contributed by atoms with Crippen LogP contribution in [0.15, 0.2) is 87.7 Å². The van der Waals surface area contributed by atoms with E-state index in [0.29, 0.717) is 10.7 Å². The lowest BCUT2D eigenvalue weighted by Crippen LogP contribution is -2.31. The quantitative estimate of drug-likeness (QED) is 0.426. The van der Waals surface area contributed by atoms with Crippen LogP contribution in [-0.2, 0) is 19.6 Å². The second-order valence-corrected chi connectivity index (χ2v) is 10.4. The molecule has 3 aromatic rings. The summed E-state index contributed by atoms with van der Waals surface area (Å²) in [6, 6.07) is 18.2. The number of carbonyl (C=O) groups excluding carboxylic acids is 2. The van der Waals surface area contributed by atoms with Gasteiger partial charge in [0.2, 0.25) is 10.0 Å². The molecule has 1 aromatic heterocycles. The normalized spacial score (nSPS) is 12.2. The van der Waals surface area contributed by atoms with Crippen LogP contribution in [0, 0.1) is 0 Å². The molecule has 2 N–H and O–H groups in total. The van der Waals surface area contributed by atoms with Gasteiger partial charge in [-0.05, 0) is 69.3 Å². The van der Waals surface area contributed by atoms with Gasteiger partial charge in [0.1, 0.15) is 5.03 Å². The zero-order valence-electron chi connectivity index (χ0n) is 18.9. The lowest BCUT2D eigenvalue weighted by molar-refractivity contribution is -0.123. The number of anilines is 1. The average molecular weight is 500 g/mol. The van der Waals surface area contributed by atoms with Crippen molar-refractivity contribution >= 4 is 39.3 Å². The lowest BCUT2D eigenvalue weighted by atomic mass is 10.2. The number of amides is 1. The molecule has 0 bridgehead atoms. The summed E-state index contributed by atoms with van der Waals surface area (Å²) < 4.78 is 32.3. The van der Waals surface area contributed by atoms with Crippen molar-refractivity contribution in [1.82, 2.24) is 9.71 Å². The summed E-state index contributed by atoms with van der Waals surface area (Å²) in [6.07, 6.45) is 0.493. The molecule has 0 aliphatic heterocycles. The van der Waals surface area contributed by atoms with Crippen LogP contribution in [0.3, 0.4) is 0 Å². The van der Waals surface area contributed by atoms with Gasteiger partial charge in [0.25, 0.3) is 5.91 Å². The molecule has 0 saturated carbocycles. The zero-order valence-corrected chi connectivity index (χ0v) is 20.5. The largest absolute Gasteiger partial charge is 0.449 e. The van der Waals surface area contributed by atoms with E-state index >= 15 is 0 Å². The third kappa shape index (κ3) is 6.89. The highest BCUT2D eigenvalue weighted by atomic mass is 32.2. The fraction of sp³-hybridized carbons (Fsp3) is 0.208.